The van der Waals surface area contributed by atoms with Gasteiger partial charge in [0.25, 0.3) is 0 Å². The van der Waals surface area contributed by atoms with Gasteiger partial charge in [-0.3, -0.25) is 4.99 Å². The molecule has 0 aromatic heterocycles. The van der Waals surface area contributed by atoms with Crippen LogP contribution in [0.5, 0.6) is 11.5 Å². The molecule has 0 fully saturated rings. The Labute approximate surface area is 159 Å². The van der Waals surface area contributed by atoms with E-state index in [0.29, 0.717) is 11.5 Å². The van der Waals surface area contributed by atoms with E-state index in [0.717, 1.165) is 16.8 Å². The van der Waals surface area contributed by atoms with E-state index in [2.05, 4.69) is 31.0 Å². The summed E-state index contributed by atoms with van der Waals surface area (Å²) in [6.07, 6.45) is 1.79. The molecule has 4 heteroatoms. The number of ether oxygens (including phenoxy) is 2. The summed E-state index contributed by atoms with van der Waals surface area (Å²) in [6, 6.07) is 18.1. The van der Waals surface area contributed by atoms with E-state index in [1.54, 1.807) is 19.4 Å². The van der Waals surface area contributed by atoms with Gasteiger partial charge in [-0.25, -0.2) is 4.39 Å². The standard InChI is InChI=1S/C23H22FNO2/c1-16-7-9-21(11-17(16)2)25-14-18-8-10-22(23(13-18)26-3)27-15-19-5-4-6-20(24)12-19/h4-14H,15H2,1-3H3. The molecule has 0 saturated heterocycles. The maximum absolute atomic E-state index is 13.3. The number of aryl methyl sites for hydroxylation is 2. The molecule has 0 spiro atoms. The molecule has 0 aliphatic carbocycles. The van der Waals surface area contributed by atoms with Gasteiger partial charge in [0, 0.05) is 6.21 Å². The minimum Gasteiger partial charge on any atom is -0.493 e. The molecule has 0 bridgehead atoms. The molecular formula is C23H22FNO2. The average Bonchev–Trinajstić information content (AvgIpc) is 2.67. The second-order valence-corrected chi connectivity index (χ2v) is 6.36. The Morgan fingerprint density at radius 3 is 2.52 bits per heavy atom. The largest absolute Gasteiger partial charge is 0.493 e. The summed E-state index contributed by atoms with van der Waals surface area (Å²) in [5.74, 6) is 0.932. The van der Waals surface area contributed by atoms with Crippen LogP contribution in [0.15, 0.2) is 65.7 Å². The lowest BCUT2D eigenvalue weighted by Crippen LogP contribution is -1.98. The lowest BCUT2D eigenvalue weighted by atomic mass is 10.1. The van der Waals surface area contributed by atoms with Crippen molar-refractivity contribution in [2.75, 3.05) is 7.11 Å². The van der Waals surface area contributed by atoms with Crippen molar-refractivity contribution in [3.63, 3.8) is 0 Å². The molecule has 0 aliphatic heterocycles. The predicted molar refractivity (Wildman–Crippen MR) is 107 cm³/mol. The van der Waals surface area contributed by atoms with E-state index in [-0.39, 0.29) is 12.4 Å². The van der Waals surface area contributed by atoms with E-state index in [9.17, 15) is 4.39 Å². The van der Waals surface area contributed by atoms with Gasteiger partial charge in [0.1, 0.15) is 12.4 Å². The van der Waals surface area contributed by atoms with E-state index in [1.165, 1.54) is 23.3 Å². The van der Waals surface area contributed by atoms with E-state index < -0.39 is 0 Å². The van der Waals surface area contributed by atoms with Gasteiger partial charge in [0.05, 0.1) is 12.8 Å². The van der Waals surface area contributed by atoms with Crippen molar-refractivity contribution in [3.05, 3.63) is 88.7 Å². The van der Waals surface area contributed by atoms with Gasteiger partial charge in [0.2, 0.25) is 0 Å². The number of halogens is 1. The second kappa shape index (κ2) is 8.49. The number of methoxy groups -OCH3 is 1. The first-order valence-corrected chi connectivity index (χ1v) is 8.72. The molecule has 0 heterocycles. The van der Waals surface area contributed by atoms with E-state index in [4.69, 9.17) is 9.47 Å². The zero-order valence-electron chi connectivity index (χ0n) is 15.7. The molecule has 3 aromatic rings. The number of aliphatic imine (C=N–C) groups is 1. The summed E-state index contributed by atoms with van der Waals surface area (Å²) in [5, 5.41) is 0. The van der Waals surface area contributed by atoms with Crippen molar-refractivity contribution in [1.29, 1.82) is 0 Å². The van der Waals surface area contributed by atoms with Crippen LogP contribution in [0.3, 0.4) is 0 Å². The van der Waals surface area contributed by atoms with Crippen molar-refractivity contribution in [2.24, 2.45) is 4.99 Å². The maximum atomic E-state index is 13.3. The monoisotopic (exact) mass is 363 g/mol. The smallest absolute Gasteiger partial charge is 0.161 e. The fourth-order valence-corrected chi connectivity index (χ4v) is 2.63. The summed E-state index contributed by atoms with van der Waals surface area (Å²) in [4.78, 5) is 4.52. The number of nitrogens with zero attached hydrogens (tertiary/aromatic N) is 1. The normalized spacial score (nSPS) is 11.0. The van der Waals surface area contributed by atoms with Gasteiger partial charge < -0.3 is 9.47 Å². The quantitative estimate of drug-likeness (QED) is 0.520. The van der Waals surface area contributed by atoms with Crippen molar-refractivity contribution in [1.82, 2.24) is 0 Å². The summed E-state index contributed by atoms with van der Waals surface area (Å²) in [5.41, 5.74) is 5.03. The molecule has 0 radical (unpaired) electrons. The van der Waals surface area contributed by atoms with Crippen LogP contribution in [-0.2, 0) is 6.61 Å². The summed E-state index contributed by atoms with van der Waals surface area (Å²) in [7, 11) is 1.59. The molecule has 0 atom stereocenters. The molecule has 0 N–H and O–H groups in total. The van der Waals surface area contributed by atoms with Gasteiger partial charge in [0.15, 0.2) is 11.5 Å². The highest BCUT2D eigenvalue weighted by atomic mass is 19.1. The topological polar surface area (TPSA) is 30.8 Å². The molecule has 0 saturated carbocycles. The second-order valence-electron chi connectivity index (χ2n) is 6.36. The van der Waals surface area contributed by atoms with Crippen LogP contribution in [0.4, 0.5) is 10.1 Å². The van der Waals surface area contributed by atoms with Crippen LogP contribution in [0.2, 0.25) is 0 Å². The predicted octanol–water partition coefficient (Wildman–Crippen LogP) is 5.78. The van der Waals surface area contributed by atoms with Crippen LogP contribution < -0.4 is 9.47 Å². The third-order valence-corrected chi connectivity index (χ3v) is 4.32. The van der Waals surface area contributed by atoms with Crippen LogP contribution in [-0.4, -0.2) is 13.3 Å². The highest BCUT2D eigenvalue weighted by Gasteiger charge is 2.06. The van der Waals surface area contributed by atoms with Gasteiger partial charge in [-0.1, -0.05) is 18.2 Å². The van der Waals surface area contributed by atoms with Crippen molar-refractivity contribution in [2.45, 2.75) is 20.5 Å². The first-order chi connectivity index (χ1) is 13.0. The Balaban J connectivity index is 1.73. The molecule has 3 rings (SSSR count). The number of hydrogen-bond acceptors (Lipinski definition) is 3. The SMILES string of the molecule is COc1cc(C=Nc2ccc(C)c(C)c2)ccc1OCc1cccc(F)c1. The van der Waals surface area contributed by atoms with Crippen LogP contribution in [0.25, 0.3) is 0 Å². The lowest BCUT2D eigenvalue weighted by molar-refractivity contribution is 0.284. The van der Waals surface area contributed by atoms with Crippen molar-refractivity contribution in [3.8, 4) is 11.5 Å². The highest BCUT2D eigenvalue weighted by molar-refractivity contribution is 5.83. The molecule has 3 aromatic carbocycles. The molecule has 0 amide bonds. The van der Waals surface area contributed by atoms with Gasteiger partial charge in [-0.05, 0) is 78.6 Å². The summed E-state index contributed by atoms with van der Waals surface area (Å²) in [6.45, 7) is 4.42. The van der Waals surface area contributed by atoms with E-state index >= 15 is 0 Å². The Bertz CT molecular complexity index is 966. The fraction of sp³-hybridized carbons (Fsp3) is 0.174. The van der Waals surface area contributed by atoms with Crippen molar-refractivity contribution < 1.29 is 13.9 Å². The molecular weight excluding hydrogens is 341 g/mol. The number of benzene rings is 3. The number of hydrogen-bond donors (Lipinski definition) is 0. The maximum Gasteiger partial charge on any atom is 0.161 e. The lowest BCUT2D eigenvalue weighted by Gasteiger charge is -2.11. The molecule has 0 aliphatic rings. The first kappa shape index (κ1) is 18.6. The molecule has 138 valence electrons. The van der Waals surface area contributed by atoms with E-state index in [1.807, 2.05) is 30.3 Å². The summed E-state index contributed by atoms with van der Waals surface area (Å²) >= 11 is 0. The Morgan fingerprint density at radius 1 is 0.926 bits per heavy atom. The average molecular weight is 363 g/mol. The minimum absolute atomic E-state index is 0.268. The summed E-state index contributed by atoms with van der Waals surface area (Å²) < 4.78 is 24.5. The van der Waals surface area contributed by atoms with Crippen LogP contribution in [0.1, 0.15) is 22.3 Å². The molecule has 3 nitrogen and oxygen atoms in total. The first-order valence-electron chi connectivity index (χ1n) is 8.72. The van der Waals surface area contributed by atoms with Gasteiger partial charge in [-0.2, -0.15) is 0 Å². The third kappa shape index (κ3) is 4.94. The fourth-order valence-electron chi connectivity index (χ4n) is 2.63. The van der Waals surface area contributed by atoms with Crippen molar-refractivity contribution >= 4 is 11.9 Å². The van der Waals surface area contributed by atoms with Crippen LogP contribution >= 0.6 is 0 Å². The van der Waals surface area contributed by atoms with Crippen LogP contribution in [0, 0.1) is 19.7 Å². The minimum atomic E-state index is -0.277. The Morgan fingerprint density at radius 2 is 1.78 bits per heavy atom. The Hall–Kier alpha value is -3.14. The zero-order valence-corrected chi connectivity index (χ0v) is 15.7. The molecule has 27 heavy (non-hydrogen) atoms. The zero-order chi connectivity index (χ0) is 19.2. The number of rotatable bonds is 6. The van der Waals surface area contributed by atoms with Gasteiger partial charge >= 0.3 is 0 Å². The third-order valence-electron chi connectivity index (χ3n) is 4.32. The highest BCUT2D eigenvalue weighted by Crippen LogP contribution is 2.28. The van der Waals surface area contributed by atoms with Gasteiger partial charge in [-0.15, -0.1) is 0 Å². The Kier molecular flexibility index (Phi) is 5.87. The molecule has 0 unspecified atom stereocenters.